The van der Waals surface area contributed by atoms with E-state index in [0.29, 0.717) is 29.1 Å². The van der Waals surface area contributed by atoms with Crippen molar-refractivity contribution in [2.45, 2.75) is 44.1 Å². The topological polar surface area (TPSA) is 55.2 Å². The summed E-state index contributed by atoms with van der Waals surface area (Å²) in [6.45, 7) is 7.26. The van der Waals surface area contributed by atoms with Crippen molar-refractivity contribution in [3.63, 3.8) is 0 Å². The number of hydrogen-bond acceptors (Lipinski definition) is 4. The molecule has 34 heavy (non-hydrogen) atoms. The second-order valence-electron chi connectivity index (χ2n) is 8.94. The van der Waals surface area contributed by atoms with Gasteiger partial charge in [0.15, 0.2) is 5.16 Å². The van der Waals surface area contributed by atoms with Crippen LogP contribution in [0.1, 0.15) is 29.2 Å². The first-order chi connectivity index (χ1) is 16.4. The molecule has 1 aromatic heterocycles. The third-order valence-corrected chi connectivity index (χ3v) is 7.32. The zero-order chi connectivity index (χ0) is 23.8. The number of fused-ring (bicyclic) bond motifs is 2. The van der Waals surface area contributed by atoms with Gasteiger partial charge in [-0.25, -0.2) is 4.98 Å². The van der Waals surface area contributed by atoms with Crippen molar-refractivity contribution in [2.24, 2.45) is 0 Å². The van der Waals surface area contributed by atoms with Crippen LogP contribution in [0.3, 0.4) is 0 Å². The van der Waals surface area contributed by atoms with Gasteiger partial charge in [0.05, 0.1) is 21.8 Å². The summed E-state index contributed by atoms with van der Waals surface area (Å²) in [6.07, 6.45) is 0.862. The molecule has 6 heteroatoms. The van der Waals surface area contributed by atoms with Gasteiger partial charge in [-0.3, -0.25) is 14.2 Å². The lowest BCUT2D eigenvalue weighted by Gasteiger charge is -2.30. The lowest BCUT2D eigenvalue weighted by molar-refractivity contribution is -0.131. The fourth-order valence-corrected chi connectivity index (χ4v) is 5.66. The molecule has 1 aliphatic heterocycles. The molecule has 0 radical (unpaired) electrons. The Morgan fingerprint density at radius 2 is 1.65 bits per heavy atom. The first kappa shape index (κ1) is 22.4. The van der Waals surface area contributed by atoms with Gasteiger partial charge in [0, 0.05) is 13.1 Å². The highest BCUT2D eigenvalue weighted by Crippen LogP contribution is 2.28. The lowest BCUT2D eigenvalue weighted by Crippen LogP contribution is -2.40. The maximum absolute atomic E-state index is 13.6. The Balaban J connectivity index is 1.52. The standard InChI is InChI=1S/C28H27N3O2S/c1-18-14-19(2)16-23(15-18)31-27(33)24-10-6-7-11-25(24)29-28(31)34-20(3)26(32)30-13-12-21-8-4-5-9-22(21)17-30/h4-11,14-16,20H,12-13,17H2,1-3H3. The van der Waals surface area contributed by atoms with Crippen molar-refractivity contribution in [3.05, 3.63) is 99.3 Å². The van der Waals surface area contributed by atoms with Crippen LogP contribution in [0.4, 0.5) is 0 Å². The molecule has 3 aromatic carbocycles. The number of hydrogen-bond donors (Lipinski definition) is 0. The molecule has 2 heterocycles. The molecule has 0 N–H and O–H groups in total. The van der Waals surface area contributed by atoms with Gasteiger partial charge in [0.25, 0.3) is 5.56 Å². The predicted molar refractivity (Wildman–Crippen MR) is 138 cm³/mol. The number of rotatable bonds is 4. The van der Waals surface area contributed by atoms with Gasteiger partial charge in [-0.15, -0.1) is 0 Å². The smallest absolute Gasteiger partial charge is 0.266 e. The molecule has 5 nitrogen and oxygen atoms in total. The molecular weight excluding hydrogens is 442 g/mol. The second kappa shape index (κ2) is 9.11. The highest BCUT2D eigenvalue weighted by molar-refractivity contribution is 8.00. The SMILES string of the molecule is Cc1cc(C)cc(-n2c(SC(C)C(=O)N3CCc4ccccc4C3)nc3ccccc3c2=O)c1. The van der Waals surface area contributed by atoms with Crippen LogP contribution in [0.5, 0.6) is 0 Å². The molecule has 1 amide bonds. The third kappa shape index (κ3) is 4.26. The van der Waals surface area contributed by atoms with E-state index in [1.807, 2.05) is 68.1 Å². The first-order valence-electron chi connectivity index (χ1n) is 11.5. The average Bonchev–Trinajstić information content (AvgIpc) is 2.82. The van der Waals surface area contributed by atoms with Crippen LogP contribution in [-0.2, 0) is 17.8 Å². The lowest BCUT2D eigenvalue weighted by atomic mass is 10.00. The van der Waals surface area contributed by atoms with Crippen LogP contribution in [0, 0.1) is 13.8 Å². The van der Waals surface area contributed by atoms with Crippen molar-refractivity contribution in [3.8, 4) is 5.69 Å². The zero-order valence-electron chi connectivity index (χ0n) is 19.6. The summed E-state index contributed by atoms with van der Waals surface area (Å²) in [4.78, 5) is 33.7. The van der Waals surface area contributed by atoms with E-state index in [1.165, 1.54) is 22.9 Å². The van der Waals surface area contributed by atoms with E-state index in [2.05, 4.69) is 18.2 Å². The summed E-state index contributed by atoms with van der Waals surface area (Å²) < 4.78 is 1.66. The van der Waals surface area contributed by atoms with E-state index in [1.54, 1.807) is 10.6 Å². The maximum atomic E-state index is 13.6. The van der Waals surface area contributed by atoms with Crippen LogP contribution in [0.15, 0.2) is 76.7 Å². The Morgan fingerprint density at radius 1 is 0.971 bits per heavy atom. The minimum absolute atomic E-state index is 0.0638. The number of carbonyl (C=O) groups is 1. The number of para-hydroxylation sites is 1. The zero-order valence-corrected chi connectivity index (χ0v) is 20.4. The van der Waals surface area contributed by atoms with Gasteiger partial charge >= 0.3 is 0 Å². The number of carbonyl (C=O) groups excluding carboxylic acids is 1. The highest BCUT2D eigenvalue weighted by atomic mass is 32.2. The number of thioether (sulfide) groups is 1. The Kier molecular flexibility index (Phi) is 6.00. The van der Waals surface area contributed by atoms with Crippen LogP contribution < -0.4 is 5.56 Å². The normalized spacial score (nSPS) is 14.1. The van der Waals surface area contributed by atoms with Crippen LogP contribution >= 0.6 is 11.8 Å². The van der Waals surface area contributed by atoms with E-state index in [0.717, 1.165) is 23.2 Å². The highest BCUT2D eigenvalue weighted by Gasteiger charge is 2.27. The molecule has 1 unspecified atom stereocenters. The van der Waals surface area contributed by atoms with Gasteiger partial charge in [-0.05, 0) is 73.7 Å². The van der Waals surface area contributed by atoms with Crippen molar-refractivity contribution in [1.29, 1.82) is 0 Å². The number of benzene rings is 3. The molecule has 0 bridgehead atoms. The van der Waals surface area contributed by atoms with Gasteiger partial charge < -0.3 is 4.90 Å². The van der Waals surface area contributed by atoms with E-state index in [4.69, 9.17) is 4.98 Å². The minimum Gasteiger partial charge on any atom is -0.337 e. The van der Waals surface area contributed by atoms with Crippen LogP contribution in [0.2, 0.25) is 0 Å². The fourth-order valence-electron chi connectivity index (χ4n) is 4.65. The summed E-state index contributed by atoms with van der Waals surface area (Å²) >= 11 is 1.35. The molecule has 4 aromatic rings. The van der Waals surface area contributed by atoms with Crippen LogP contribution in [0.25, 0.3) is 16.6 Å². The molecule has 5 rings (SSSR count). The van der Waals surface area contributed by atoms with Gasteiger partial charge in [0.2, 0.25) is 5.91 Å². The van der Waals surface area contributed by atoms with E-state index >= 15 is 0 Å². The predicted octanol–water partition coefficient (Wildman–Crippen LogP) is 5.07. The Bertz CT molecular complexity index is 1440. The van der Waals surface area contributed by atoms with Crippen molar-refractivity contribution >= 4 is 28.6 Å². The van der Waals surface area contributed by atoms with Crippen molar-refractivity contribution in [1.82, 2.24) is 14.5 Å². The van der Waals surface area contributed by atoms with E-state index < -0.39 is 0 Å². The number of amides is 1. The van der Waals surface area contributed by atoms with E-state index in [9.17, 15) is 9.59 Å². The Morgan fingerprint density at radius 3 is 2.41 bits per heavy atom. The molecule has 172 valence electrons. The quantitative estimate of drug-likeness (QED) is 0.309. The number of aromatic nitrogens is 2. The van der Waals surface area contributed by atoms with Gasteiger partial charge in [-0.2, -0.15) is 0 Å². The molecule has 0 fully saturated rings. The largest absolute Gasteiger partial charge is 0.337 e. The molecule has 0 saturated heterocycles. The molecule has 0 aliphatic carbocycles. The summed E-state index contributed by atoms with van der Waals surface area (Å²) in [7, 11) is 0. The number of nitrogens with zero attached hydrogens (tertiary/aromatic N) is 3. The summed E-state index contributed by atoms with van der Waals surface area (Å²) in [5.74, 6) is 0.0638. The molecule has 0 saturated carbocycles. The van der Waals surface area contributed by atoms with Crippen molar-refractivity contribution in [2.75, 3.05) is 6.54 Å². The second-order valence-corrected chi connectivity index (χ2v) is 10.2. The minimum atomic E-state index is -0.379. The Hall–Kier alpha value is -3.38. The summed E-state index contributed by atoms with van der Waals surface area (Å²) in [5.41, 5.74) is 5.95. The summed E-state index contributed by atoms with van der Waals surface area (Å²) in [5, 5.41) is 0.722. The molecule has 0 spiro atoms. The fraction of sp³-hybridized carbons (Fsp3) is 0.250. The Labute approximate surface area is 203 Å². The third-order valence-electron chi connectivity index (χ3n) is 6.28. The summed E-state index contributed by atoms with van der Waals surface area (Å²) in [6, 6.07) is 21.7. The average molecular weight is 470 g/mol. The van der Waals surface area contributed by atoms with Gasteiger partial charge in [-0.1, -0.05) is 54.2 Å². The first-order valence-corrected chi connectivity index (χ1v) is 12.4. The monoisotopic (exact) mass is 469 g/mol. The number of aryl methyl sites for hydroxylation is 2. The van der Waals surface area contributed by atoms with Gasteiger partial charge in [0.1, 0.15) is 0 Å². The van der Waals surface area contributed by atoms with Crippen LogP contribution in [-0.4, -0.2) is 32.2 Å². The maximum Gasteiger partial charge on any atom is 0.266 e. The molecular formula is C28H27N3O2S. The molecule has 1 aliphatic rings. The van der Waals surface area contributed by atoms with Crippen molar-refractivity contribution < 1.29 is 4.79 Å². The van der Waals surface area contributed by atoms with E-state index in [-0.39, 0.29) is 16.7 Å². The molecule has 1 atom stereocenters.